The monoisotopic (exact) mass is 487 g/mol. The van der Waals surface area contributed by atoms with Crippen LogP contribution < -0.4 is 0 Å². The second kappa shape index (κ2) is 11.1. The van der Waals surface area contributed by atoms with Gasteiger partial charge in [-0.3, -0.25) is 9.59 Å². The Hall–Kier alpha value is -2.77. The van der Waals surface area contributed by atoms with Crippen molar-refractivity contribution in [1.82, 2.24) is 9.91 Å². The topological polar surface area (TPSA) is 62.2 Å². The number of halogens is 2. The highest BCUT2D eigenvalue weighted by Crippen LogP contribution is 2.35. The molecule has 2 amide bonds. The highest BCUT2D eigenvalue weighted by atomic mass is 35.5. The zero-order valence-electron chi connectivity index (χ0n) is 20.1. The molecule has 0 saturated carbocycles. The molecule has 0 aromatic heterocycles. The molecule has 1 atom stereocenters. The molecular formula is C26H31ClFN3O3. The van der Waals surface area contributed by atoms with Gasteiger partial charge in [0, 0.05) is 42.6 Å². The molecule has 1 aliphatic heterocycles. The molecule has 0 saturated heterocycles. The summed E-state index contributed by atoms with van der Waals surface area (Å²) in [6.45, 7) is 6.30. The summed E-state index contributed by atoms with van der Waals surface area (Å²) in [6, 6.07) is 12.9. The van der Waals surface area contributed by atoms with E-state index >= 15 is 0 Å². The Morgan fingerprint density at radius 2 is 1.85 bits per heavy atom. The van der Waals surface area contributed by atoms with Crippen molar-refractivity contribution >= 4 is 29.1 Å². The van der Waals surface area contributed by atoms with E-state index in [0.717, 1.165) is 0 Å². The first-order chi connectivity index (χ1) is 16.1. The maximum atomic E-state index is 14.7. The van der Waals surface area contributed by atoms with Crippen molar-refractivity contribution in [3.8, 4) is 0 Å². The van der Waals surface area contributed by atoms with E-state index < -0.39 is 17.8 Å². The molecule has 182 valence electrons. The van der Waals surface area contributed by atoms with Gasteiger partial charge in [0.25, 0.3) is 5.91 Å². The maximum absolute atomic E-state index is 14.7. The van der Waals surface area contributed by atoms with Crippen LogP contribution in [0.2, 0.25) is 5.02 Å². The minimum atomic E-state index is -0.637. The van der Waals surface area contributed by atoms with E-state index in [9.17, 15) is 14.0 Å². The lowest BCUT2D eigenvalue weighted by Gasteiger charge is -2.29. The molecule has 8 heteroatoms. The number of rotatable bonds is 8. The fraction of sp³-hybridized carbons (Fsp3) is 0.423. The number of nitrogens with zero attached hydrogens (tertiary/aromatic N) is 3. The summed E-state index contributed by atoms with van der Waals surface area (Å²) < 4.78 is 19.9. The third kappa shape index (κ3) is 6.42. The van der Waals surface area contributed by atoms with Crippen molar-refractivity contribution in [3.05, 3.63) is 70.5 Å². The van der Waals surface area contributed by atoms with Gasteiger partial charge in [0.15, 0.2) is 0 Å². The number of ether oxygens (including phenoxy) is 1. The number of benzene rings is 2. The fourth-order valence-electron chi connectivity index (χ4n) is 3.88. The standard InChI is InChI=1S/C26H31ClFN3O3/c1-26(2,3)16-24(32)30(13-14-34-4)17-25(33)31-23(19-10-6-8-12-21(19)28)15-22(29-31)18-9-5-7-11-20(18)27/h5-12,23H,13-17H2,1-4H3/t23-/m1/s1. The molecule has 1 aliphatic rings. The maximum Gasteiger partial charge on any atom is 0.262 e. The van der Waals surface area contributed by atoms with Crippen LogP contribution in [-0.2, 0) is 14.3 Å². The molecule has 6 nitrogen and oxygen atoms in total. The van der Waals surface area contributed by atoms with Crippen LogP contribution in [0.1, 0.15) is 50.8 Å². The first kappa shape index (κ1) is 25.8. The second-order valence-corrected chi connectivity index (χ2v) is 9.96. The van der Waals surface area contributed by atoms with E-state index in [4.69, 9.17) is 16.3 Å². The molecule has 0 spiro atoms. The minimum absolute atomic E-state index is 0.144. The van der Waals surface area contributed by atoms with Crippen LogP contribution in [0.25, 0.3) is 0 Å². The largest absolute Gasteiger partial charge is 0.383 e. The second-order valence-electron chi connectivity index (χ2n) is 9.55. The molecular weight excluding hydrogens is 457 g/mol. The summed E-state index contributed by atoms with van der Waals surface area (Å²) >= 11 is 6.38. The van der Waals surface area contributed by atoms with Crippen LogP contribution >= 0.6 is 11.6 Å². The predicted molar refractivity (Wildman–Crippen MR) is 131 cm³/mol. The van der Waals surface area contributed by atoms with Gasteiger partial charge in [-0.25, -0.2) is 9.40 Å². The molecule has 2 aromatic carbocycles. The van der Waals surface area contributed by atoms with E-state index in [0.29, 0.717) is 34.9 Å². The van der Waals surface area contributed by atoms with Crippen LogP contribution in [-0.4, -0.2) is 54.2 Å². The first-order valence-corrected chi connectivity index (χ1v) is 11.6. The Morgan fingerprint density at radius 3 is 2.50 bits per heavy atom. The molecule has 0 fully saturated rings. The van der Waals surface area contributed by atoms with Crippen LogP contribution in [0.3, 0.4) is 0 Å². The highest BCUT2D eigenvalue weighted by molar-refractivity contribution is 6.34. The summed E-state index contributed by atoms with van der Waals surface area (Å²) in [5.74, 6) is -0.954. The fourth-order valence-corrected chi connectivity index (χ4v) is 4.13. The number of carbonyl (C=O) groups is 2. The van der Waals surface area contributed by atoms with Gasteiger partial charge in [-0.2, -0.15) is 5.10 Å². The van der Waals surface area contributed by atoms with Crippen LogP contribution in [0, 0.1) is 11.2 Å². The Bertz CT molecular complexity index is 1070. The minimum Gasteiger partial charge on any atom is -0.383 e. The lowest BCUT2D eigenvalue weighted by atomic mass is 9.91. The van der Waals surface area contributed by atoms with Crippen molar-refractivity contribution in [2.75, 3.05) is 26.8 Å². The Balaban J connectivity index is 1.92. The van der Waals surface area contributed by atoms with E-state index in [1.54, 1.807) is 31.4 Å². The number of hydrazone groups is 1. The van der Waals surface area contributed by atoms with Gasteiger partial charge in [-0.1, -0.05) is 68.8 Å². The molecule has 3 rings (SSSR count). The van der Waals surface area contributed by atoms with Crippen molar-refractivity contribution in [1.29, 1.82) is 0 Å². The molecule has 2 aromatic rings. The van der Waals surface area contributed by atoms with E-state index in [-0.39, 0.29) is 30.8 Å². The molecule has 0 aliphatic carbocycles. The average molecular weight is 488 g/mol. The van der Waals surface area contributed by atoms with E-state index in [2.05, 4.69) is 5.10 Å². The number of hydrogen-bond acceptors (Lipinski definition) is 4. The van der Waals surface area contributed by atoms with Crippen molar-refractivity contribution in [3.63, 3.8) is 0 Å². The molecule has 0 N–H and O–H groups in total. The van der Waals surface area contributed by atoms with Gasteiger partial charge < -0.3 is 9.64 Å². The smallest absolute Gasteiger partial charge is 0.262 e. The molecule has 0 radical (unpaired) electrons. The number of hydrogen-bond donors (Lipinski definition) is 0. The Morgan fingerprint density at radius 1 is 1.18 bits per heavy atom. The van der Waals surface area contributed by atoms with Gasteiger partial charge in [0.05, 0.1) is 18.4 Å². The highest BCUT2D eigenvalue weighted by Gasteiger charge is 2.36. The van der Waals surface area contributed by atoms with Crippen molar-refractivity contribution in [2.24, 2.45) is 10.5 Å². The summed E-state index contributed by atoms with van der Waals surface area (Å²) in [7, 11) is 1.54. The molecule has 1 heterocycles. The van der Waals surface area contributed by atoms with Gasteiger partial charge in [0.2, 0.25) is 5.91 Å². The van der Waals surface area contributed by atoms with Gasteiger partial charge in [-0.05, 0) is 17.5 Å². The third-order valence-corrected chi connectivity index (χ3v) is 5.87. The molecule has 34 heavy (non-hydrogen) atoms. The summed E-state index contributed by atoms with van der Waals surface area (Å²) in [6.07, 6.45) is 0.597. The van der Waals surface area contributed by atoms with Crippen molar-refractivity contribution < 1.29 is 18.7 Å². The summed E-state index contributed by atoms with van der Waals surface area (Å²) in [5.41, 5.74) is 1.42. The quantitative estimate of drug-likeness (QED) is 0.522. The number of methoxy groups -OCH3 is 1. The van der Waals surface area contributed by atoms with Crippen LogP contribution in [0.15, 0.2) is 53.6 Å². The molecule has 0 bridgehead atoms. The summed E-state index contributed by atoms with van der Waals surface area (Å²) in [4.78, 5) is 27.9. The number of amides is 2. The normalized spacial score (nSPS) is 15.9. The number of carbonyl (C=O) groups excluding carboxylic acids is 2. The predicted octanol–water partition coefficient (Wildman–Crippen LogP) is 5.07. The lowest BCUT2D eigenvalue weighted by Crippen LogP contribution is -2.43. The lowest BCUT2D eigenvalue weighted by molar-refractivity contribution is -0.143. The van der Waals surface area contributed by atoms with Crippen LogP contribution in [0.5, 0.6) is 0 Å². The van der Waals surface area contributed by atoms with Crippen molar-refractivity contribution in [2.45, 2.75) is 39.7 Å². The third-order valence-electron chi connectivity index (χ3n) is 5.54. The zero-order valence-corrected chi connectivity index (χ0v) is 20.8. The Kier molecular flexibility index (Phi) is 8.44. The zero-order chi connectivity index (χ0) is 24.9. The first-order valence-electron chi connectivity index (χ1n) is 11.3. The Labute approximate surface area is 205 Å². The summed E-state index contributed by atoms with van der Waals surface area (Å²) in [5, 5.41) is 6.36. The van der Waals surface area contributed by atoms with Gasteiger partial charge >= 0.3 is 0 Å². The molecule has 0 unspecified atom stereocenters. The van der Waals surface area contributed by atoms with E-state index in [1.165, 1.54) is 16.0 Å². The van der Waals surface area contributed by atoms with Crippen LogP contribution in [0.4, 0.5) is 4.39 Å². The SMILES string of the molecule is COCCN(CC(=O)N1N=C(c2ccccc2Cl)C[C@@H]1c1ccccc1F)C(=O)CC(C)(C)C. The van der Waals surface area contributed by atoms with Gasteiger partial charge in [-0.15, -0.1) is 0 Å². The van der Waals surface area contributed by atoms with Gasteiger partial charge in [0.1, 0.15) is 12.4 Å². The van der Waals surface area contributed by atoms with E-state index in [1.807, 2.05) is 39.0 Å². The average Bonchev–Trinajstić information content (AvgIpc) is 3.21.